The Hall–Kier alpha value is -0.780. The van der Waals surface area contributed by atoms with Gasteiger partial charge in [-0.3, -0.25) is 0 Å². The first-order valence-electron chi connectivity index (χ1n) is 6.84. The Morgan fingerprint density at radius 1 is 1.11 bits per heavy atom. The molecule has 0 bridgehead atoms. The van der Waals surface area contributed by atoms with E-state index in [2.05, 4.69) is 5.32 Å². The molecular formula is C12H22N2O3S. The predicted molar refractivity (Wildman–Crippen MR) is 70.2 cm³/mol. The summed E-state index contributed by atoms with van der Waals surface area (Å²) in [4.78, 5) is 13.8. The SMILES string of the molecule is O=C(NCC1CCCS1(=O)=O)N1CCCCCC1. The third kappa shape index (κ3) is 3.37. The Labute approximate surface area is 109 Å². The second kappa shape index (κ2) is 5.91. The number of carbonyl (C=O) groups is 1. The zero-order valence-corrected chi connectivity index (χ0v) is 11.5. The summed E-state index contributed by atoms with van der Waals surface area (Å²) < 4.78 is 23.3. The van der Waals surface area contributed by atoms with Crippen molar-refractivity contribution in [1.82, 2.24) is 10.2 Å². The minimum absolute atomic E-state index is 0.0981. The molecular weight excluding hydrogens is 252 g/mol. The standard InChI is InChI=1S/C12H22N2O3S/c15-12(14-7-3-1-2-4-8-14)13-10-11-6-5-9-18(11,16)17/h11H,1-10H2,(H,13,15). The maximum absolute atomic E-state index is 11.9. The van der Waals surface area contributed by atoms with E-state index in [9.17, 15) is 13.2 Å². The highest BCUT2D eigenvalue weighted by Crippen LogP contribution is 2.19. The zero-order valence-electron chi connectivity index (χ0n) is 10.7. The lowest BCUT2D eigenvalue weighted by atomic mass is 10.2. The lowest BCUT2D eigenvalue weighted by Crippen LogP contribution is -2.44. The van der Waals surface area contributed by atoms with Crippen molar-refractivity contribution < 1.29 is 13.2 Å². The van der Waals surface area contributed by atoms with Gasteiger partial charge in [-0.05, 0) is 25.7 Å². The maximum Gasteiger partial charge on any atom is 0.317 e. The van der Waals surface area contributed by atoms with E-state index in [0.717, 1.165) is 32.4 Å². The fourth-order valence-electron chi connectivity index (χ4n) is 2.67. The van der Waals surface area contributed by atoms with Gasteiger partial charge in [-0.15, -0.1) is 0 Å². The van der Waals surface area contributed by atoms with E-state index in [1.165, 1.54) is 12.8 Å². The van der Waals surface area contributed by atoms with Crippen molar-refractivity contribution in [3.63, 3.8) is 0 Å². The molecule has 2 aliphatic heterocycles. The van der Waals surface area contributed by atoms with Gasteiger partial charge in [-0.25, -0.2) is 13.2 Å². The van der Waals surface area contributed by atoms with Crippen LogP contribution in [0.3, 0.4) is 0 Å². The molecule has 6 heteroatoms. The maximum atomic E-state index is 11.9. The summed E-state index contributed by atoms with van der Waals surface area (Å²) >= 11 is 0. The van der Waals surface area contributed by atoms with Crippen molar-refractivity contribution in [3.05, 3.63) is 0 Å². The van der Waals surface area contributed by atoms with Crippen molar-refractivity contribution >= 4 is 15.9 Å². The van der Waals surface area contributed by atoms with E-state index in [0.29, 0.717) is 6.42 Å². The molecule has 1 unspecified atom stereocenters. The summed E-state index contributed by atoms with van der Waals surface area (Å²) in [6.45, 7) is 1.87. The van der Waals surface area contributed by atoms with Crippen LogP contribution in [0.15, 0.2) is 0 Å². The fraction of sp³-hybridized carbons (Fsp3) is 0.917. The van der Waals surface area contributed by atoms with Crippen molar-refractivity contribution in [2.24, 2.45) is 0 Å². The van der Waals surface area contributed by atoms with E-state index in [4.69, 9.17) is 0 Å². The van der Waals surface area contributed by atoms with Crippen LogP contribution < -0.4 is 5.32 Å². The van der Waals surface area contributed by atoms with Gasteiger partial charge in [0.15, 0.2) is 9.84 Å². The molecule has 2 aliphatic rings. The molecule has 0 aromatic rings. The quantitative estimate of drug-likeness (QED) is 0.821. The van der Waals surface area contributed by atoms with E-state index >= 15 is 0 Å². The van der Waals surface area contributed by atoms with Crippen LogP contribution in [0, 0.1) is 0 Å². The molecule has 0 saturated carbocycles. The van der Waals surface area contributed by atoms with Gasteiger partial charge in [0.25, 0.3) is 0 Å². The van der Waals surface area contributed by atoms with Crippen LogP contribution in [-0.4, -0.2) is 50.0 Å². The first-order chi connectivity index (χ1) is 8.59. The topological polar surface area (TPSA) is 66.5 Å². The minimum Gasteiger partial charge on any atom is -0.337 e. The highest BCUT2D eigenvalue weighted by atomic mass is 32.2. The fourth-order valence-corrected chi connectivity index (χ4v) is 4.44. The van der Waals surface area contributed by atoms with Crippen LogP contribution in [-0.2, 0) is 9.84 Å². The first kappa shape index (κ1) is 13.6. The molecule has 2 fully saturated rings. The van der Waals surface area contributed by atoms with Gasteiger partial charge in [0.2, 0.25) is 0 Å². The van der Waals surface area contributed by atoms with Crippen molar-refractivity contribution in [1.29, 1.82) is 0 Å². The van der Waals surface area contributed by atoms with Gasteiger partial charge >= 0.3 is 6.03 Å². The number of rotatable bonds is 2. The average Bonchev–Trinajstić information content (AvgIpc) is 2.58. The summed E-state index contributed by atoms with van der Waals surface area (Å²) in [5, 5.41) is 2.42. The van der Waals surface area contributed by atoms with Crippen LogP contribution in [0.2, 0.25) is 0 Å². The van der Waals surface area contributed by atoms with Gasteiger partial charge < -0.3 is 10.2 Å². The summed E-state index contributed by atoms with van der Waals surface area (Å²) in [5.74, 6) is 0.275. The summed E-state index contributed by atoms with van der Waals surface area (Å²) in [6, 6.07) is -0.0981. The molecule has 0 aromatic heterocycles. The number of urea groups is 1. The lowest BCUT2D eigenvalue weighted by molar-refractivity contribution is 0.200. The smallest absolute Gasteiger partial charge is 0.317 e. The largest absolute Gasteiger partial charge is 0.337 e. The first-order valence-corrected chi connectivity index (χ1v) is 8.55. The number of likely N-dealkylation sites (tertiary alicyclic amines) is 1. The molecule has 104 valence electrons. The number of amides is 2. The number of nitrogens with one attached hydrogen (secondary N) is 1. The highest BCUT2D eigenvalue weighted by Gasteiger charge is 2.31. The highest BCUT2D eigenvalue weighted by molar-refractivity contribution is 7.92. The number of nitrogens with zero attached hydrogens (tertiary/aromatic N) is 1. The Morgan fingerprint density at radius 2 is 1.78 bits per heavy atom. The zero-order chi connectivity index (χ0) is 13.0. The third-order valence-corrected chi connectivity index (χ3v) is 6.11. The summed E-state index contributed by atoms with van der Waals surface area (Å²) in [5.41, 5.74) is 0. The van der Waals surface area contributed by atoms with Crippen molar-refractivity contribution in [3.8, 4) is 0 Å². The molecule has 1 atom stereocenters. The van der Waals surface area contributed by atoms with Crippen LogP contribution in [0.5, 0.6) is 0 Å². The minimum atomic E-state index is -2.95. The molecule has 18 heavy (non-hydrogen) atoms. The molecule has 0 spiro atoms. The average molecular weight is 274 g/mol. The molecule has 2 saturated heterocycles. The van der Waals surface area contributed by atoms with E-state index in [-0.39, 0.29) is 23.6 Å². The molecule has 5 nitrogen and oxygen atoms in total. The Morgan fingerprint density at radius 3 is 2.33 bits per heavy atom. The van der Waals surface area contributed by atoms with E-state index in [1.807, 2.05) is 4.90 Å². The lowest BCUT2D eigenvalue weighted by Gasteiger charge is -2.21. The molecule has 0 radical (unpaired) electrons. The molecule has 2 amide bonds. The van der Waals surface area contributed by atoms with Crippen molar-refractivity contribution in [2.75, 3.05) is 25.4 Å². The van der Waals surface area contributed by atoms with Gasteiger partial charge in [-0.2, -0.15) is 0 Å². The van der Waals surface area contributed by atoms with E-state index in [1.54, 1.807) is 0 Å². The van der Waals surface area contributed by atoms with Gasteiger partial charge in [0.05, 0.1) is 11.0 Å². The van der Waals surface area contributed by atoms with Gasteiger partial charge in [0.1, 0.15) is 0 Å². The van der Waals surface area contributed by atoms with Crippen molar-refractivity contribution in [2.45, 2.75) is 43.8 Å². The summed E-state index contributed by atoms with van der Waals surface area (Å²) in [7, 11) is -2.95. The van der Waals surface area contributed by atoms with E-state index < -0.39 is 9.84 Å². The molecule has 1 N–H and O–H groups in total. The second-order valence-corrected chi connectivity index (χ2v) is 7.62. The van der Waals surface area contributed by atoms with Gasteiger partial charge in [0, 0.05) is 19.6 Å². The molecule has 0 aromatic carbocycles. The third-order valence-electron chi connectivity index (χ3n) is 3.84. The van der Waals surface area contributed by atoms with Crippen LogP contribution in [0.25, 0.3) is 0 Å². The Balaban J connectivity index is 1.80. The van der Waals surface area contributed by atoms with Crippen LogP contribution >= 0.6 is 0 Å². The molecule has 0 aliphatic carbocycles. The molecule has 2 heterocycles. The normalized spacial score (nSPS) is 27.8. The summed E-state index contributed by atoms with van der Waals surface area (Å²) in [6.07, 6.45) is 5.88. The predicted octanol–water partition coefficient (Wildman–Crippen LogP) is 1.15. The van der Waals surface area contributed by atoms with Gasteiger partial charge in [-0.1, -0.05) is 12.8 Å². The monoisotopic (exact) mass is 274 g/mol. The number of carbonyl (C=O) groups excluding carboxylic acids is 1. The van der Waals surface area contributed by atoms with Crippen LogP contribution in [0.1, 0.15) is 38.5 Å². The number of hydrogen-bond acceptors (Lipinski definition) is 3. The second-order valence-electron chi connectivity index (χ2n) is 5.22. The van der Waals surface area contributed by atoms with Crippen LogP contribution in [0.4, 0.5) is 4.79 Å². The Bertz CT molecular complexity index is 386. The number of hydrogen-bond donors (Lipinski definition) is 1. The molecule has 2 rings (SSSR count). The number of sulfone groups is 1. The Kier molecular flexibility index (Phi) is 4.48.